The summed E-state index contributed by atoms with van der Waals surface area (Å²) in [4.78, 5) is 14.4. The Morgan fingerprint density at radius 1 is 1.15 bits per heavy atom. The molecule has 0 aliphatic rings. The lowest BCUT2D eigenvalue weighted by molar-refractivity contribution is 0.185. The summed E-state index contributed by atoms with van der Waals surface area (Å²) in [6.45, 7) is 8.14. The van der Waals surface area contributed by atoms with Gasteiger partial charge in [-0.3, -0.25) is 4.57 Å². The largest absolute Gasteiger partial charge is 0.489 e. The van der Waals surface area contributed by atoms with Gasteiger partial charge in [-0.2, -0.15) is 4.98 Å². The predicted octanol–water partition coefficient (Wildman–Crippen LogP) is 6.65. The molecule has 0 saturated carbocycles. The molecule has 2 unspecified atom stereocenters. The molecule has 2 N–H and O–H groups in total. The Hall–Kier alpha value is -2.38. The Labute approximate surface area is 205 Å². The summed E-state index contributed by atoms with van der Waals surface area (Å²) in [5, 5.41) is 7.79. The van der Waals surface area contributed by atoms with Crippen molar-refractivity contribution < 1.29 is 23.2 Å². The standard InChI is InChI=1S/C24H31ClN3O5P/c1-5-17(4)33-34(29,30)14-6-13-26-20-10-7-18(8-11-20)24-27-23(28-32-24)19-9-12-22(21(25)15-19)31-16(2)3/h7-12,15-17,26H,5-6,13-14H2,1-4H3,(H,29,30). The van der Waals surface area contributed by atoms with Crippen LogP contribution in [0.2, 0.25) is 5.02 Å². The minimum atomic E-state index is -3.55. The number of hydrogen-bond acceptors (Lipinski definition) is 7. The Balaban J connectivity index is 1.56. The van der Waals surface area contributed by atoms with Gasteiger partial charge in [0.15, 0.2) is 0 Å². The third kappa shape index (κ3) is 7.57. The van der Waals surface area contributed by atoms with Gasteiger partial charge in [0.25, 0.3) is 5.89 Å². The van der Waals surface area contributed by atoms with E-state index >= 15 is 0 Å². The zero-order valence-corrected chi connectivity index (χ0v) is 21.5. The maximum Gasteiger partial charge on any atom is 0.328 e. The lowest BCUT2D eigenvalue weighted by Gasteiger charge is -2.16. The number of ether oxygens (including phenoxy) is 1. The van der Waals surface area contributed by atoms with Gasteiger partial charge in [0.1, 0.15) is 5.75 Å². The molecule has 0 radical (unpaired) electrons. The summed E-state index contributed by atoms with van der Waals surface area (Å²) in [5.41, 5.74) is 2.39. The molecular formula is C24H31ClN3O5P. The van der Waals surface area contributed by atoms with E-state index in [1.807, 2.05) is 51.1 Å². The molecule has 0 saturated heterocycles. The zero-order chi connectivity index (χ0) is 24.7. The number of rotatable bonds is 12. The van der Waals surface area contributed by atoms with Crippen LogP contribution < -0.4 is 10.1 Å². The molecule has 10 heteroatoms. The summed E-state index contributed by atoms with van der Waals surface area (Å²) < 4.78 is 28.3. The van der Waals surface area contributed by atoms with Crippen molar-refractivity contribution in [3.05, 3.63) is 47.5 Å². The highest BCUT2D eigenvalue weighted by atomic mass is 35.5. The molecule has 1 aromatic heterocycles. The number of hydrogen-bond donors (Lipinski definition) is 2. The van der Waals surface area contributed by atoms with Crippen molar-refractivity contribution in [2.75, 3.05) is 18.0 Å². The van der Waals surface area contributed by atoms with Gasteiger partial charge in [-0.1, -0.05) is 23.7 Å². The first-order valence-corrected chi connectivity index (χ1v) is 13.5. The number of nitrogens with one attached hydrogen (secondary N) is 1. The molecule has 3 rings (SSSR count). The first kappa shape index (κ1) is 26.2. The molecule has 184 valence electrons. The molecule has 2 aromatic carbocycles. The van der Waals surface area contributed by atoms with Crippen molar-refractivity contribution in [1.29, 1.82) is 0 Å². The van der Waals surface area contributed by atoms with Gasteiger partial charge in [-0.05, 0) is 76.1 Å². The van der Waals surface area contributed by atoms with E-state index in [-0.39, 0.29) is 18.4 Å². The molecule has 0 amide bonds. The smallest absolute Gasteiger partial charge is 0.328 e. The van der Waals surface area contributed by atoms with Gasteiger partial charge in [-0.25, -0.2) is 0 Å². The van der Waals surface area contributed by atoms with E-state index in [0.29, 0.717) is 41.9 Å². The molecule has 3 aromatic rings. The van der Waals surface area contributed by atoms with Gasteiger partial charge in [0.05, 0.1) is 23.4 Å². The third-order valence-corrected chi connectivity index (χ3v) is 6.84. The van der Waals surface area contributed by atoms with E-state index in [2.05, 4.69) is 15.5 Å². The fraction of sp³-hybridized carbons (Fsp3) is 0.417. The average molecular weight is 508 g/mol. The molecule has 34 heavy (non-hydrogen) atoms. The second kappa shape index (κ2) is 11.8. The van der Waals surface area contributed by atoms with E-state index < -0.39 is 7.60 Å². The Kier molecular flexibility index (Phi) is 9.14. The highest BCUT2D eigenvalue weighted by Crippen LogP contribution is 2.44. The fourth-order valence-electron chi connectivity index (χ4n) is 3.10. The molecule has 0 fully saturated rings. The Morgan fingerprint density at radius 2 is 1.85 bits per heavy atom. The maximum atomic E-state index is 12.0. The van der Waals surface area contributed by atoms with Gasteiger partial charge in [-0.15, -0.1) is 0 Å². The van der Waals surface area contributed by atoms with E-state index in [4.69, 9.17) is 25.4 Å². The quantitative estimate of drug-likeness (QED) is 0.207. The third-order valence-electron chi connectivity index (χ3n) is 4.98. The van der Waals surface area contributed by atoms with Gasteiger partial charge < -0.3 is 24.0 Å². The van der Waals surface area contributed by atoms with Crippen molar-refractivity contribution in [3.8, 4) is 28.6 Å². The van der Waals surface area contributed by atoms with Crippen LogP contribution in [0.5, 0.6) is 5.75 Å². The van der Waals surface area contributed by atoms with Crippen molar-refractivity contribution in [1.82, 2.24) is 10.1 Å². The number of nitrogens with zero attached hydrogens (tertiary/aromatic N) is 2. The maximum absolute atomic E-state index is 12.0. The molecule has 2 atom stereocenters. The van der Waals surface area contributed by atoms with Gasteiger partial charge in [0, 0.05) is 23.4 Å². The number of anilines is 1. The number of benzene rings is 2. The van der Waals surface area contributed by atoms with Crippen molar-refractivity contribution in [2.24, 2.45) is 0 Å². The van der Waals surface area contributed by atoms with Crippen LogP contribution in [0, 0.1) is 0 Å². The van der Waals surface area contributed by atoms with Crippen LogP contribution >= 0.6 is 19.2 Å². The monoisotopic (exact) mass is 507 g/mol. The van der Waals surface area contributed by atoms with Crippen molar-refractivity contribution >= 4 is 24.9 Å². The molecule has 0 bridgehead atoms. The van der Waals surface area contributed by atoms with E-state index in [1.165, 1.54) is 0 Å². The van der Waals surface area contributed by atoms with Crippen LogP contribution in [0.4, 0.5) is 5.69 Å². The van der Waals surface area contributed by atoms with Crippen LogP contribution in [0.1, 0.15) is 40.5 Å². The van der Waals surface area contributed by atoms with Gasteiger partial charge >= 0.3 is 7.60 Å². The van der Waals surface area contributed by atoms with E-state index in [0.717, 1.165) is 16.8 Å². The lowest BCUT2D eigenvalue weighted by Crippen LogP contribution is -2.09. The summed E-state index contributed by atoms with van der Waals surface area (Å²) in [5.74, 6) is 1.43. The minimum Gasteiger partial charge on any atom is -0.489 e. The SMILES string of the molecule is CCC(C)OP(=O)(O)CCCNc1ccc(-c2nc(-c3ccc(OC(C)C)c(Cl)c3)no2)cc1. The molecule has 8 nitrogen and oxygen atoms in total. The van der Waals surface area contributed by atoms with Gasteiger partial charge in [0.2, 0.25) is 5.82 Å². The highest BCUT2D eigenvalue weighted by molar-refractivity contribution is 7.52. The van der Waals surface area contributed by atoms with Crippen LogP contribution in [-0.4, -0.2) is 39.9 Å². The van der Waals surface area contributed by atoms with Crippen molar-refractivity contribution in [2.45, 2.75) is 52.7 Å². The molecule has 0 aliphatic carbocycles. The highest BCUT2D eigenvalue weighted by Gasteiger charge is 2.21. The Bertz CT molecular complexity index is 1120. The molecule has 0 spiro atoms. The normalized spacial score (nSPS) is 14.1. The summed E-state index contributed by atoms with van der Waals surface area (Å²) in [6, 6.07) is 12.9. The first-order chi connectivity index (χ1) is 16.2. The summed E-state index contributed by atoms with van der Waals surface area (Å²) >= 11 is 6.32. The van der Waals surface area contributed by atoms with Crippen LogP contribution in [0.3, 0.4) is 0 Å². The second-order valence-electron chi connectivity index (χ2n) is 8.28. The summed E-state index contributed by atoms with van der Waals surface area (Å²) in [7, 11) is -3.55. The number of halogens is 1. The van der Waals surface area contributed by atoms with E-state index in [1.54, 1.807) is 19.1 Å². The number of aromatic nitrogens is 2. The zero-order valence-electron chi connectivity index (χ0n) is 19.8. The van der Waals surface area contributed by atoms with Crippen LogP contribution in [0.25, 0.3) is 22.8 Å². The predicted molar refractivity (Wildman–Crippen MR) is 135 cm³/mol. The minimum absolute atomic E-state index is 0.0256. The second-order valence-corrected chi connectivity index (χ2v) is 10.6. The molecule has 1 heterocycles. The lowest BCUT2D eigenvalue weighted by atomic mass is 10.2. The Morgan fingerprint density at radius 3 is 2.50 bits per heavy atom. The van der Waals surface area contributed by atoms with Crippen LogP contribution in [-0.2, 0) is 9.09 Å². The van der Waals surface area contributed by atoms with Crippen LogP contribution in [0.15, 0.2) is 47.0 Å². The molecule has 0 aliphatic heterocycles. The summed E-state index contributed by atoms with van der Waals surface area (Å²) in [6.07, 6.45) is 1.13. The molecular weight excluding hydrogens is 477 g/mol. The fourth-order valence-corrected chi connectivity index (χ4v) is 4.70. The first-order valence-electron chi connectivity index (χ1n) is 11.3. The topological polar surface area (TPSA) is 107 Å². The average Bonchev–Trinajstić information content (AvgIpc) is 3.28. The van der Waals surface area contributed by atoms with E-state index in [9.17, 15) is 9.46 Å². The van der Waals surface area contributed by atoms with Crippen molar-refractivity contribution in [3.63, 3.8) is 0 Å².